The Bertz CT molecular complexity index is 817. The number of halogens is 3. The second-order valence-electron chi connectivity index (χ2n) is 5.80. The molecule has 134 valence electrons. The Labute approximate surface area is 161 Å². The topological polar surface area (TPSA) is 47.4 Å². The average molecular weight is 403 g/mol. The molecule has 2 aromatic rings. The molecular weight excluding hydrogens is 385 g/mol. The minimum Gasteiger partial charge on any atom is -0.378 e. The van der Waals surface area contributed by atoms with E-state index in [0.29, 0.717) is 16.8 Å². The lowest BCUT2D eigenvalue weighted by molar-refractivity contribution is 0.0459. The highest BCUT2D eigenvalue weighted by molar-refractivity contribution is 6.41. The van der Waals surface area contributed by atoms with Crippen LogP contribution in [0.15, 0.2) is 29.2 Å². The number of hydrogen-bond donors (Lipinski definition) is 0. The number of ether oxygens (including phenoxy) is 1. The van der Waals surface area contributed by atoms with Gasteiger partial charge in [-0.05, 0) is 38.0 Å². The highest BCUT2D eigenvalue weighted by Crippen LogP contribution is 2.30. The summed E-state index contributed by atoms with van der Waals surface area (Å²) >= 11 is 18.2. The van der Waals surface area contributed by atoms with E-state index in [-0.39, 0.29) is 10.0 Å². The third-order valence-electron chi connectivity index (χ3n) is 4.24. The van der Waals surface area contributed by atoms with Crippen LogP contribution in [0.3, 0.4) is 0 Å². The van der Waals surface area contributed by atoms with Crippen molar-refractivity contribution in [2.24, 2.45) is 0 Å². The Kier molecular flexibility index (Phi) is 5.89. The summed E-state index contributed by atoms with van der Waals surface area (Å²) in [6, 6.07) is 5.41. The van der Waals surface area contributed by atoms with E-state index >= 15 is 0 Å². The molecule has 1 aromatic heterocycles. The summed E-state index contributed by atoms with van der Waals surface area (Å²) in [6.07, 6.45) is 3.60. The molecule has 1 aliphatic rings. The Morgan fingerprint density at radius 2 is 1.92 bits per heavy atom. The maximum atomic E-state index is 12.2. The number of piperidine rings is 1. The number of rotatable bonds is 4. The first-order valence-electron chi connectivity index (χ1n) is 8.11. The maximum Gasteiger partial charge on any atom is 0.291 e. The highest BCUT2D eigenvalue weighted by Gasteiger charge is 2.21. The molecule has 0 atom stereocenters. The molecule has 1 saturated heterocycles. The van der Waals surface area contributed by atoms with Crippen LogP contribution in [0.25, 0.3) is 5.69 Å². The van der Waals surface area contributed by atoms with Gasteiger partial charge in [-0.2, -0.15) is 9.78 Å². The number of nitrogens with zero attached hydrogens (tertiary/aromatic N) is 3. The largest absolute Gasteiger partial charge is 0.378 e. The molecule has 0 bridgehead atoms. The highest BCUT2D eigenvalue weighted by atomic mass is 35.5. The molecular formula is C17H18Cl3N3O2. The van der Waals surface area contributed by atoms with E-state index in [1.165, 1.54) is 10.9 Å². The van der Waals surface area contributed by atoms with Crippen LogP contribution in [-0.4, -0.2) is 35.6 Å². The van der Waals surface area contributed by atoms with Crippen LogP contribution in [0.2, 0.25) is 15.1 Å². The maximum absolute atomic E-state index is 12.2. The molecule has 2 heterocycles. The predicted octanol–water partition coefficient (Wildman–Crippen LogP) is 4.20. The van der Waals surface area contributed by atoms with Gasteiger partial charge >= 0.3 is 0 Å². The Balaban J connectivity index is 1.83. The standard InChI is InChI=1S/C17H18Cl3N3O2/c1-2-25-12-5-7-22(8-6-12)15-4-3-11(9-13(15)18)23-17(24)16(20)14(19)10-21-23/h3-4,9-10,12H,2,5-8H2,1H3. The third-order valence-corrected chi connectivity index (χ3v) is 5.29. The Hall–Kier alpha value is -1.27. The van der Waals surface area contributed by atoms with E-state index in [1.807, 2.05) is 13.0 Å². The lowest BCUT2D eigenvalue weighted by Gasteiger charge is -2.34. The molecule has 0 saturated carbocycles. The predicted molar refractivity (Wildman–Crippen MR) is 102 cm³/mol. The Morgan fingerprint density at radius 3 is 2.56 bits per heavy atom. The number of aromatic nitrogens is 2. The quantitative estimate of drug-likeness (QED) is 0.769. The molecule has 5 nitrogen and oxygen atoms in total. The molecule has 3 rings (SSSR count). The van der Waals surface area contributed by atoms with Crippen LogP contribution in [0, 0.1) is 0 Å². The van der Waals surface area contributed by atoms with Crippen LogP contribution >= 0.6 is 34.8 Å². The van der Waals surface area contributed by atoms with Crippen molar-refractivity contribution in [3.05, 3.63) is 49.8 Å². The van der Waals surface area contributed by atoms with E-state index in [1.54, 1.807) is 12.1 Å². The summed E-state index contributed by atoms with van der Waals surface area (Å²) in [5.74, 6) is 0. The summed E-state index contributed by atoms with van der Waals surface area (Å²) in [7, 11) is 0. The molecule has 1 aliphatic heterocycles. The SMILES string of the molecule is CCOC1CCN(c2ccc(-n3ncc(Cl)c(Cl)c3=O)cc2Cl)CC1. The van der Waals surface area contributed by atoms with Crippen LogP contribution < -0.4 is 10.5 Å². The summed E-state index contributed by atoms with van der Waals surface area (Å²) < 4.78 is 6.86. The van der Waals surface area contributed by atoms with Crippen molar-refractivity contribution in [2.75, 3.05) is 24.6 Å². The second-order valence-corrected chi connectivity index (χ2v) is 6.99. The summed E-state index contributed by atoms with van der Waals surface area (Å²) in [4.78, 5) is 14.4. The zero-order valence-electron chi connectivity index (χ0n) is 13.7. The van der Waals surface area contributed by atoms with Gasteiger partial charge in [0.15, 0.2) is 0 Å². The number of benzene rings is 1. The molecule has 0 aliphatic carbocycles. The lowest BCUT2D eigenvalue weighted by atomic mass is 10.1. The first kappa shape index (κ1) is 18.5. The first-order valence-corrected chi connectivity index (χ1v) is 9.24. The van der Waals surface area contributed by atoms with Gasteiger partial charge in [0, 0.05) is 19.7 Å². The molecule has 25 heavy (non-hydrogen) atoms. The van der Waals surface area contributed by atoms with Gasteiger partial charge in [-0.1, -0.05) is 34.8 Å². The fourth-order valence-electron chi connectivity index (χ4n) is 2.98. The van der Waals surface area contributed by atoms with E-state index < -0.39 is 5.56 Å². The van der Waals surface area contributed by atoms with E-state index in [2.05, 4.69) is 10.00 Å². The van der Waals surface area contributed by atoms with Gasteiger partial charge in [-0.3, -0.25) is 4.79 Å². The van der Waals surface area contributed by atoms with Crippen molar-refractivity contribution in [3.63, 3.8) is 0 Å². The lowest BCUT2D eigenvalue weighted by Crippen LogP contribution is -2.37. The van der Waals surface area contributed by atoms with Crippen molar-refractivity contribution >= 4 is 40.5 Å². The fourth-order valence-corrected chi connectivity index (χ4v) is 3.53. The molecule has 0 amide bonds. The smallest absolute Gasteiger partial charge is 0.291 e. The molecule has 8 heteroatoms. The van der Waals surface area contributed by atoms with Gasteiger partial charge in [0.25, 0.3) is 5.56 Å². The van der Waals surface area contributed by atoms with E-state index in [9.17, 15) is 4.79 Å². The van der Waals surface area contributed by atoms with Crippen molar-refractivity contribution in [3.8, 4) is 5.69 Å². The monoisotopic (exact) mass is 401 g/mol. The molecule has 0 N–H and O–H groups in total. The molecule has 1 fully saturated rings. The van der Waals surface area contributed by atoms with Gasteiger partial charge in [-0.25, -0.2) is 0 Å². The molecule has 1 aromatic carbocycles. The van der Waals surface area contributed by atoms with Gasteiger partial charge in [0.1, 0.15) is 5.02 Å². The Morgan fingerprint density at radius 1 is 1.20 bits per heavy atom. The van der Waals surface area contributed by atoms with Gasteiger partial charge in [0.2, 0.25) is 0 Å². The molecule has 0 spiro atoms. The minimum absolute atomic E-state index is 0.0603. The van der Waals surface area contributed by atoms with Gasteiger partial charge < -0.3 is 9.64 Å². The van der Waals surface area contributed by atoms with Crippen molar-refractivity contribution in [2.45, 2.75) is 25.9 Å². The van der Waals surface area contributed by atoms with Crippen LogP contribution in [-0.2, 0) is 4.74 Å². The second kappa shape index (κ2) is 7.96. The van der Waals surface area contributed by atoms with Crippen LogP contribution in [0.5, 0.6) is 0 Å². The van der Waals surface area contributed by atoms with Crippen molar-refractivity contribution < 1.29 is 4.74 Å². The van der Waals surface area contributed by atoms with Crippen molar-refractivity contribution in [1.82, 2.24) is 9.78 Å². The van der Waals surface area contributed by atoms with Crippen molar-refractivity contribution in [1.29, 1.82) is 0 Å². The zero-order chi connectivity index (χ0) is 18.0. The summed E-state index contributed by atoms with van der Waals surface area (Å²) in [5.41, 5.74) is 1.01. The average Bonchev–Trinajstić information content (AvgIpc) is 2.61. The zero-order valence-corrected chi connectivity index (χ0v) is 16.0. The normalized spacial score (nSPS) is 15.6. The summed E-state index contributed by atoms with van der Waals surface area (Å²) in [6.45, 7) is 4.52. The molecule has 0 unspecified atom stereocenters. The van der Waals surface area contributed by atoms with Crippen LogP contribution in [0.1, 0.15) is 19.8 Å². The minimum atomic E-state index is -0.476. The van der Waals surface area contributed by atoms with Crippen LogP contribution in [0.4, 0.5) is 5.69 Å². The van der Waals surface area contributed by atoms with Gasteiger partial charge in [-0.15, -0.1) is 0 Å². The van der Waals surface area contributed by atoms with E-state index in [4.69, 9.17) is 39.5 Å². The summed E-state index contributed by atoms with van der Waals surface area (Å²) in [5, 5.41) is 4.65. The van der Waals surface area contributed by atoms with Gasteiger partial charge in [0.05, 0.1) is 33.7 Å². The van der Waals surface area contributed by atoms with E-state index in [0.717, 1.165) is 38.2 Å². The third kappa shape index (κ3) is 3.95. The fraction of sp³-hybridized carbons (Fsp3) is 0.412. The first-order chi connectivity index (χ1) is 12.0. The number of hydrogen-bond acceptors (Lipinski definition) is 4. The number of anilines is 1. The molecule has 0 radical (unpaired) electrons.